The molecule has 1 aromatic rings. The Labute approximate surface area is 91.8 Å². The molecule has 0 fully saturated rings. The summed E-state index contributed by atoms with van der Waals surface area (Å²) in [6.45, 7) is 5.36. The van der Waals surface area contributed by atoms with E-state index in [0.29, 0.717) is 0 Å². The number of Topliss-reactive ketones (excluding diaryl/α,β-unsaturated/α-hetero) is 1. The Morgan fingerprint density at radius 1 is 1.40 bits per heavy atom. The molecule has 0 amide bonds. The van der Waals surface area contributed by atoms with Gasteiger partial charge >= 0.3 is 0 Å². The quantitative estimate of drug-likeness (QED) is 0.646. The van der Waals surface area contributed by atoms with E-state index in [1.54, 1.807) is 6.92 Å². The molecule has 80 valence electrons. The Balaban J connectivity index is 2.58. The van der Waals surface area contributed by atoms with Crippen LogP contribution < -0.4 is 0 Å². The SMILES string of the molecule is C=CCCC(Cc1ccccc1)C(C)=O. The summed E-state index contributed by atoms with van der Waals surface area (Å²) >= 11 is 0. The lowest BCUT2D eigenvalue weighted by Crippen LogP contribution is -2.13. The molecule has 15 heavy (non-hydrogen) atoms. The standard InChI is InChI=1S/C14H18O/c1-3-4-10-14(12(2)15)11-13-8-6-5-7-9-13/h3,5-9,14H,1,4,10-11H2,2H3. The van der Waals surface area contributed by atoms with Crippen molar-refractivity contribution in [3.8, 4) is 0 Å². The minimum Gasteiger partial charge on any atom is -0.300 e. The van der Waals surface area contributed by atoms with Crippen LogP contribution in [0.25, 0.3) is 0 Å². The van der Waals surface area contributed by atoms with Gasteiger partial charge in [0, 0.05) is 5.92 Å². The summed E-state index contributed by atoms with van der Waals surface area (Å²) in [4.78, 5) is 11.4. The molecule has 1 rings (SSSR count). The molecular weight excluding hydrogens is 184 g/mol. The molecule has 0 aromatic heterocycles. The van der Waals surface area contributed by atoms with Gasteiger partial charge in [0.15, 0.2) is 0 Å². The molecule has 0 spiro atoms. The van der Waals surface area contributed by atoms with Crippen LogP contribution in [0.3, 0.4) is 0 Å². The summed E-state index contributed by atoms with van der Waals surface area (Å²) in [5, 5.41) is 0. The van der Waals surface area contributed by atoms with E-state index in [1.165, 1.54) is 5.56 Å². The van der Waals surface area contributed by atoms with Gasteiger partial charge in [-0.05, 0) is 31.7 Å². The summed E-state index contributed by atoms with van der Waals surface area (Å²) in [5.41, 5.74) is 1.24. The number of hydrogen-bond donors (Lipinski definition) is 0. The van der Waals surface area contributed by atoms with Crippen molar-refractivity contribution in [2.24, 2.45) is 5.92 Å². The van der Waals surface area contributed by atoms with Crippen LogP contribution >= 0.6 is 0 Å². The van der Waals surface area contributed by atoms with E-state index in [4.69, 9.17) is 0 Å². The van der Waals surface area contributed by atoms with Gasteiger partial charge in [-0.15, -0.1) is 6.58 Å². The fourth-order valence-corrected chi connectivity index (χ4v) is 1.67. The van der Waals surface area contributed by atoms with Gasteiger partial charge in [0.2, 0.25) is 0 Å². The topological polar surface area (TPSA) is 17.1 Å². The lowest BCUT2D eigenvalue weighted by atomic mass is 9.92. The number of allylic oxidation sites excluding steroid dienone is 1. The van der Waals surface area contributed by atoms with Crippen molar-refractivity contribution in [3.63, 3.8) is 0 Å². The molecular formula is C14H18O. The Hall–Kier alpha value is -1.37. The Morgan fingerprint density at radius 3 is 2.60 bits per heavy atom. The predicted octanol–water partition coefficient (Wildman–Crippen LogP) is 3.40. The van der Waals surface area contributed by atoms with Crippen molar-refractivity contribution < 1.29 is 4.79 Å². The summed E-state index contributed by atoms with van der Waals surface area (Å²) in [6.07, 6.45) is 4.55. The lowest BCUT2D eigenvalue weighted by molar-refractivity contribution is -0.120. The van der Waals surface area contributed by atoms with Gasteiger partial charge in [0.25, 0.3) is 0 Å². The van der Waals surface area contributed by atoms with Crippen LogP contribution in [0.4, 0.5) is 0 Å². The zero-order valence-corrected chi connectivity index (χ0v) is 9.28. The first-order valence-corrected chi connectivity index (χ1v) is 5.39. The highest BCUT2D eigenvalue weighted by atomic mass is 16.1. The van der Waals surface area contributed by atoms with Gasteiger partial charge in [-0.3, -0.25) is 4.79 Å². The number of carbonyl (C=O) groups is 1. The summed E-state index contributed by atoms with van der Waals surface area (Å²) < 4.78 is 0. The fourth-order valence-electron chi connectivity index (χ4n) is 1.67. The maximum Gasteiger partial charge on any atom is 0.133 e. The molecule has 1 aromatic carbocycles. The molecule has 0 radical (unpaired) electrons. The van der Waals surface area contributed by atoms with Crippen LogP contribution in [-0.2, 0) is 11.2 Å². The Bertz CT molecular complexity index is 313. The molecule has 0 N–H and O–H groups in total. The number of benzene rings is 1. The first kappa shape index (κ1) is 11.7. The third-order valence-electron chi connectivity index (χ3n) is 2.62. The second-order valence-electron chi connectivity index (χ2n) is 3.86. The van der Waals surface area contributed by atoms with Crippen molar-refractivity contribution in [2.75, 3.05) is 0 Å². The number of hydrogen-bond acceptors (Lipinski definition) is 1. The number of carbonyl (C=O) groups excluding carboxylic acids is 1. The molecule has 0 aliphatic rings. The third kappa shape index (κ3) is 4.11. The van der Waals surface area contributed by atoms with Gasteiger partial charge in [-0.2, -0.15) is 0 Å². The fraction of sp³-hybridized carbons (Fsp3) is 0.357. The molecule has 1 heteroatoms. The van der Waals surface area contributed by atoms with Crippen molar-refractivity contribution in [1.82, 2.24) is 0 Å². The highest BCUT2D eigenvalue weighted by Gasteiger charge is 2.13. The largest absolute Gasteiger partial charge is 0.300 e. The molecule has 0 heterocycles. The lowest BCUT2D eigenvalue weighted by Gasteiger charge is -2.12. The van der Waals surface area contributed by atoms with Crippen LogP contribution in [0.5, 0.6) is 0 Å². The molecule has 1 nitrogen and oxygen atoms in total. The van der Waals surface area contributed by atoms with Crippen LogP contribution in [0.1, 0.15) is 25.3 Å². The zero-order valence-electron chi connectivity index (χ0n) is 9.28. The third-order valence-corrected chi connectivity index (χ3v) is 2.62. The smallest absolute Gasteiger partial charge is 0.133 e. The molecule has 1 atom stereocenters. The van der Waals surface area contributed by atoms with Crippen molar-refractivity contribution in [1.29, 1.82) is 0 Å². The van der Waals surface area contributed by atoms with Crippen molar-refractivity contribution >= 4 is 5.78 Å². The minimum absolute atomic E-state index is 0.144. The first-order chi connectivity index (χ1) is 7.24. The van der Waals surface area contributed by atoms with E-state index < -0.39 is 0 Å². The summed E-state index contributed by atoms with van der Waals surface area (Å²) in [7, 11) is 0. The predicted molar refractivity (Wildman–Crippen MR) is 63.7 cm³/mol. The number of ketones is 1. The zero-order chi connectivity index (χ0) is 11.1. The average Bonchev–Trinajstić information content (AvgIpc) is 2.25. The van der Waals surface area contributed by atoms with E-state index in [1.807, 2.05) is 24.3 Å². The monoisotopic (exact) mass is 202 g/mol. The van der Waals surface area contributed by atoms with E-state index in [9.17, 15) is 4.79 Å². The van der Waals surface area contributed by atoms with Crippen molar-refractivity contribution in [2.45, 2.75) is 26.2 Å². The maximum absolute atomic E-state index is 11.4. The highest BCUT2D eigenvalue weighted by Crippen LogP contribution is 2.15. The van der Waals surface area contributed by atoms with Gasteiger partial charge in [0.05, 0.1) is 0 Å². The maximum atomic E-state index is 11.4. The minimum atomic E-state index is 0.144. The normalized spacial score (nSPS) is 12.1. The summed E-state index contributed by atoms with van der Waals surface area (Å²) in [5.74, 6) is 0.422. The molecule has 0 saturated heterocycles. The molecule has 0 saturated carbocycles. The van der Waals surface area contributed by atoms with Gasteiger partial charge in [-0.1, -0.05) is 36.4 Å². The van der Waals surface area contributed by atoms with Gasteiger partial charge < -0.3 is 0 Å². The summed E-state index contributed by atoms with van der Waals surface area (Å²) in [6, 6.07) is 10.2. The molecule has 1 unspecified atom stereocenters. The van der Waals surface area contributed by atoms with E-state index in [2.05, 4.69) is 18.7 Å². The Morgan fingerprint density at radius 2 is 2.07 bits per heavy atom. The van der Waals surface area contributed by atoms with E-state index in [-0.39, 0.29) is 11.7 Å². The van der Waals surface area contributed by atoms with E-state index >= 15 is 0 Å². The average molecular weight is 202 g/mol. The first-order valence-electron chi connectivity index (χ1n) is 5.39. The molecule has 0 bridgehead atoms. The van der Waals surface area contributed by atoms with Crippen LogP contribution in [0.2, 0.25) is 0 Å². The second-order valence-corrected chi connectivity index (χ2v) is 3.86. The second kappa shape index (κ2) is 6.18. The molecule has 0 aliphatic carbocycles. The highest BCUT2D eigenvalue weighted by molar-refractivity contribution is 5.78. The van der Waals surface area contributed by atoms with Crippen LogP contribution in [-0.4, -0.2) is 5.78 Å². The molecule has 0 aliphatic heterocycles. The van der Waals surface area contributed by atoms with Crippen LogP contribution in [0.15, 0.2) is 43.0 Å². The Kier molecular flexibility index (Phi) is 4.82. The number of rotatable bonds is 6. The van der Waals surface area contributed by atoms with Gasteiger partial charge in [-0.25, -0.2) is 0 Å². The van der Waals surface area contributed by atoms with E-state index in [0.717, 1.165) is 19.3 Å². The van der Waals surface area contributed by atoms with Crippen LogP contribution in [0, 0.1) is 5.92 Å². The van der Waals surface area contributed by atoms with Crippen molar-refractivity contribution in [3.05, 3.63) is 48.6 Å². The van der Waals surface area contributed by atoms with Gasteiger partial charge in [0.1, 0.15) is 5.78 Å².